The molecule has 1 aromatic heterocycles. The fraction of sp³-hybridized carbons (Fsp3) is 0.368. The van der Waals surface area contributed by atoms with E-state index in [0.29, 0.717) is 25.1 Å². The predicted molar refractivity (Wildman–Crippen MR) is 102 cm³/mol. The summed E-state index contributed by atoms with van der Waals surface area (Å²) in [7, 11) is 0. The summed E-state index contributed by atoms with van der Waals surface area (Å²) in [6, 6.07) is 7.88. The van der Waals surface area contributed by atoms with Gasteiger partial charge in [0, 0.05) is 29.4 Å². The lowest BCUT2D eigenvalue weighted by Crippen LogP contribution is -2.42. The van der Waals surface area contributed by atoms with Gasteiger partial charge in [0.15, 0.2) is 0 Å². The molecule has 1 aliphatic heterocycles. The van der Waals surface area contributed by atoms with Crippen molar-refractivity contribution in [1.82, 2.24) is 4.98 Å². The third-order valence-corrected chi connectivity index (χ3v) is 5.13. The first-order valence-corrected chi connectivity index (χ1v) is 9.39. The van der Waals surface area contributed by atoms with Gasteiger partial charge in [-0.1, -0.05) is 22.0 Å². The van der Waals surface area contributed by atoms with E-state index in [9.17, 15) is 18.0 Å². The highest BCUT2D eigenvalue weighted by Crippen LogP contribution is 2.36. The lowest BCUT2D eigenvalue weighted by molar-refractivity contribution is -0.137. The Bertz CT molecular complexity index is 841. The molecule has 8 heteroatoms. The summed E-state index contributed by atoms with van der Waals surface area (Å²) in [6.45, 7) is 2.54. The maximum Gasteiger partial charge on any atom is 0.419 e. The molecule has 2 aromatic rings. The second-order valence-corrected chi connectivity index (χ2v) is 7.52. The molecule has 1 saturated heterocycles. The van der Waals surface area contributed by atoms with Crippen molar-refractivity contribution in [1.29, 1.82) is 0 Å². The normalized spacial score (nSPS) is 17.7. The number of pyridine rings is 1. The van der Waals surface area contributed by atoms with Gasteiger partial charge in [-0.3, -0.25) is 4.79 Å². The Kier molecular flexibility index (Phi) is 5.74. The number of amides is 1. The standard InChI is InChI=1S/C19H19BrF3N3O/c1-12-6-7-14(20)10-16(12)25-18(27)13-4-3-9-26(11-13)17-15(19(21,22)23)5-2-8-24-17/h2,5-8,10,13H,3-4,9,11H2,1H3,(H,25,27). The predicted octanol–water partition coefficient (Wildman–Crippen LogP) is 5.03. The van der Waals surface area contributed by atoms with Gasteiger partial charge < -0.3 is 10.2 Å². The highest BCUT2D eigenvalue weighted by atomic mass is 79.9. The van der Waals surface area contributed by atoms with Gasteiger partial charge in [0.2, 0.25) is 5.91 Å². The number of nitrogens with one attached hydrogen (secondary N) is 1. The maximum absolute atomic E-state index is 13.3. The average Bonchev–Trinajstić information content (AvgIpc) is 2.64. The lowest BCUT2D eigenvalue weighted by atomic mass is 9.96. The van der Waals surface area contributed by atoms with Crippen molar-refractivity contribution in [2.45, 2.75) is 25.9 Å². The monoisotopic (exact) mass is 441 g/mol. The number of piperidine rings is 1. The summed E-state index contributed by atoms with van der Waals surface area (Å²) in [5.74, 6) is -0.702. The molecular formula is C19H19BrF3N3O. The molecule has 1 N–H and O–H groups in total. The molecule has 1 amide bonds. The van der Waals surface area contributed by atoms with Crippen LogP contribution in [0, 0.1) is 12.8 Å². The van der Waals surface area contributed by atoms with Gasteiger partial charge in [-0.05, 0) is 49.6 Å². The molecule has 0 saturated carbocycles. The van der Waals surface area contributed by atoms with Crippen LogP contribution in [0.1, 0.15) is 24.0 Å². The van der Waals surface area contributed by atoms with Gasteiger partial charge in [0.1, 0.15) is 5.82 Å². The summed E-state index contributed by atoms with van der Waals surface area (Å²) in [6.07, 6.45) is -1.88. The molecule has 1 aliphatic rings. The van der Waals surface area contributed by atoms with Crippen molar-refractivity contribution in [3.05, 3.63) is 52.1 Å². The molecule has 1 fully saturated rings. The van der Waals surface area contributed by atoms with E-state index in [2.05, 4.69) is 26.2 Å². The van der Waals surface area contributed by atoms with Crippen LogP contribution in [0.5, 0.6) is 0 Å². The van der Waals surface area contributed by atoms with Gasteiger partial charge in [-0.15, -0.1) is 0 Å². The van der Waals surface area contributed by atoms with Crippen molar-refractivity contribution < 1.29 is 18.0 Å². The molecular weight excluding hydrogens is 423 g/mol. The molecule has 0 radical (unpaired) electrons. The fourth-order valence-corrected chi connectivity index (χ4v) is 3.58. The molecule has 3 rings (SSSR count). The van der Waals surface area contributed by atoms with Crippen LogP contribution in [0.2, 0.25) is 0 Å². The average molecular weight is 442 g/mol. The summed E-state index contributed by atoms with van der Waals surface area (Å²) in [5, 5.41) is 2.90. The van der Waals surface area contributed by atoms with Gasteiger partial charge >= 0.3 is 6.18 Å². The van der Waals surface area contributed by atoms with E-state index in [-0.39, 0.29) is 18.3 Å². The number of aryl methyl sites for hydroxylation is 1. The smallest absolute Gasteiger partial charge is 0.355 e. The largest absolute Gasteiger partial charge is 0.419 e. The van der Waals surface area contributed by atoms with Gasteiger partial charge in [-0.2, -0.15) is 13.2 Å². The van der Waals surface area contributed by atoms with E-state index in [4.69, 9.17) is 0 Å². The minimum Gasteiger partial charge on any atom is -0.355 e. The number of benzene rings is 1. The topological polar surface area (TPSA) is 45.2 Å². The van der Waals surface area contributed by atoms with Crippen molar-refractivity contribution in [2.75, 3.05) is 23.3 Å². The van der Waals surface area contributed by atoms with Crippen molar-refractivity contribution in [2.24, 2.45) is 5.92 Å². The second kappa shape index (κ2) is 7.88. The Morgan fingerprint density at radius 3 is 2.85 bits per heavy atom. The molecule has 144 valence electrons. The van der Waals surface area contributed by atoms with Crippen LogP contribution < -0.4 is 10.2 Å². The molecule has 0 spiro atoms. The van der Waals surface area contributed by atoms with Gasteiger partial charge in [-0.25, -0.2) is 4.98 Å². The molecule has 0 aliphatic carbocycles. The van der Waals surface area contributed by atoms with E-state index >= 15 is 0 Å². The van der Waals surface area contributed by atoms with Gasteiger partial charge in [0.25, 0.3) is 0 Å². The number of anilines is 2. The summed E-state index contributed by atoms with van der Waals surface area (Å²) < 4.78 is 40.7. The third-order valence-electron chi connectivity index (χ3n) is 4.64. The maximum atomic E-state index is 13.3. The van der Waals surface area contributed by atoms with E-state index in [1.54, 1.807) is 4.90 Å². The van der Waals surface area contributed by atoms with E-state index in [1.165, 1.54) is 12.3 Å². The zero-order valence-electron chi connectivity index (χ0n) is 14.7. The first-order valence-electron chi connectivity index (χ1n) is 8.60. The van der Waals surface area contributed by atoms with Crippen LogP contribution in [0.15, 0.2) is 41.0 Å². The van der Waals surface area contributed by atoms with Crippen LogP contribution in [-0.2, 0) is 11.0 Å². The fourth-order valence-electron chi connectivity index (χ4n) is 3.22. The van der Waals surface area contributed by atoms with Crippen LogP contribution in [0.3, 0.4) is 0 Å². The Balaban J connectivity index is 1.77. The zero-order chi connectivity index (χ0) is 19.6. The van der Waals surface area contributed by atoms with Gasteiger partial charge in [0.05, 0.1) is 11.5 Å². The minimum atomic E-state index is -4.48. The summed E-state index contributed by atoms with van der Waals surface area (Å²) in [4.78, 5) is 18.2. The number of aromatic nitrogens is 1. The van der Waals surface area contributed by atoms with Crippen LogP contribution >= 0.6 is 15.9 Å². The number of carbonyl (C=O) groups excluding carboxylic acids is 1. The Morgan fingerprint density at radius 2 is 2.11 bits per heavy atom. The van der Waals surface area contributed by atoms with Crippen LogP contribution in [0.4, 0.5) is 24.7 Å². The molecule has 27 heavy (non-hydrogen) atoms. The lowest BCUT2D eigenvalue weighted by Gasteiger charge is -2.34. The first-order chi connectivity index (χ1) is 12.8. The molecule has 1 atom stereocenters. The number of halogens is 4. The Morgan fingerprint density at radius 1 is 1.33 bits per heavy atom. The van der Waals surface area contributed by atoms with E-state index in [1.807, 2.05) is 25.1 Å². The summed E-state index contributed by atoms with van der Waals surface area (Å²) >= 11 is 3.37. The Hall–Kier alpha value is -2.09. The number of hydrogen-bond acceptors (Lipinski definition) is 3. The van der Waals surface area contributed by atoms with Crippen LogP contribution in [0.25, 0.3) is 0 Å². The molecule has 1 aromatic carbocycles. The van der Waals surface area contributed by atoms with E-state index < -0.39 is 17.7 Å². The number of rotatable bonds is 3. The minimum absolute atomic E-state index is 0.110. The number of alkyl halides is 3. The second-order valence-electron chi connectivity index (χ2n) is 6.61. The Labute approximate surface area is 163 Å². The van der Waals surface area contributed by atoms with E-state index in [0.717, 1.165) is 16.1 Å². The molecule has 2 heterocycles. The SMILES string of the molecule is Cc1ccc(Br)cc1NC(=O)C1CCCN(c2ncccc2C(F)(F)F)C1. The zero-order valence-corrected chi connectivity index (χ0v) is 16.3. The number of carbonyl (C=O) groups is 1. The molecule has 4 nitrogen and oxygen atoms in total. The highest BCUT2D eigenvalue weighted by Gasteiger charge is 2.37. The third kappa shape index (κ3) is 4.61. The first kappa shape index (κ1) is 19.7. The van der Waals surface area contributed by atoms with Crippen molar-refractivity contribution in [3.8, 4) is 0 Å². The van der Waals surface area contributed by atoms with Crippen molar-refractivity contribution >= 4 is 33.3 Å². The van der Waals surface area contributed by atoms with Crippen molar-refractivity contribution in [3.63, 3.8) is 0 Å². The molecule has 1 unspecified atom stereocenters. The highest BCUT2D eigenvalue weighted by molar-refractivity contribution is 9.10. The molecule has 0 bridgehead atoms. The number of hydrogen-bond donors (Lipinski definition) is 1. The summed E-state index contributed by atoms with van der Waals surface area (Å²) in [5.41, 5.74) is 0.845. The number of nitrogens with zero attached hydrogens (tertiary/aromatic N) is 2. The quantitative estimate of drug-likeness (QED) is 0.726. The van der Waals surface area contributed by atoms with Crippen LogP contribution in [-0.4, -0.2) is 24.0 Å².